The third kappa shape index (κ3) is 2.91. The number of rotatable bonds is 3. The van der Waals surface area contributed by atoms with Crippen LogP contribution in [0.15, 0.2) is 41.3 Å². The number of hydrogen-bond acceptors (Lipinski definition) is 4. The summed E-state index contributed by atoms with van der Waals surface area (Å²) in [6, 6.07) is 11.4. The van der Waals surface area contributed by atoms with Crippen LogP contribution in [-0.4, -0.2) is 46.6 Å². The van der Waals surface area contributed by atoms with Gasteiger partial charge in [-0.25, -0.2) is 8.42 Å². The third-order valence-corrected chi connectivity index (χ3v) is 7.62. The van der Waals surface area contributed by atoms with E-state index in [0.717, 1.165) is 41.9 Å². The number of likely N-dealkylation sites (N-methyl/N-ethyl adjacent to an activating group) is 1. The second kappa shape index (κ2) is 6.53. The molecule has 2 atom stereocenters. The van der Waals surface area contributed by atoms with E-state index in [0.29, 0.717) is 5.75 Å². The number of fused-ring (bicyclic) bond motifs is 3. The first-order valence-corrected chi connectivity index (χ1v) is 10.7. The molecule has 1 fully saturated rings. The van der Waals surface area contributed by atoms with Gasteiger partial charge in [0.2, 0.25) is 0 Å². The highest BCUT2D eigenvalue weighted by Gasteiger charge is 2.47. The average molecular weight is 387 g/mol. The standard InChI is InChI=1S/C21H26N2O3S/c1-14-5-7-18-16(11-14)17-13-22(3)10-9-19(17)23(18)27(24,25)21-12-15(2)6-8-20(21)26-4/h5-8,11-12,17,19H,9-10,13H2,1-4H3/t17-,19+/m1/s1. The lowest BCUT2D eigenvalue weighted by atomic mass is 9.89. The van der Waals surface area contributed by atoms with Crippen LogP contribution in [-0.2, 0) is 10.0 Å². The van der Waals surface area contributed by atoms with Crippen LogP contribution >= 0.6 is 0 Å². The summed E-state index contributed by atoms with van der Waals surface area (Å²) in [6.07, 6.45) is 0.822. The summed E-state index contributed by atoms with van der Waals surface area (Å²) in [4.78, 5) is 2.53. The van der Waals surface area contributed by atoms with Gasteiger partial charge < -0.3 is 9.64 Å². The number of benzene rings is 2. The Hall–Kier alpha value is -2.05. The molecule has 0 radical (unpaired) electrons. The Balaban J connectivity index is 1.89. The van der Waals surface area contributed by atoms with Crippen LogP contribution in [0.1, 0.15) is 29.0 Å². The lowest BCUT2D eigenvalue weighted by Gasteiger charge is -2.36. The van der Waals surface area contributed by atoms with Crippen molar-refractivity contribution in [3.05, 3.63) is 53.1 Å². The average Bonchev–Trinajstić information content (AvgIpc) is 2.95. The second-order valence-electron chi connectivity index (χ2n) is 7.74. The van der Waals surface area contributed by atoms with E-state index in [1.807, 2.05) is 25.1 Å². The summed E-state index contributed by atoms with van der Waals surface area (Å²) in [5.41, 5.74) is 4.02. The highest BCUT2D eigenvalue weighted by molar-refractivity contribution is 7.93. The minimum absolute atomic E-state index is 0.0479. The Kier molecular flexibility index (Phi) is 4.43. The molecule has 2 aliphatic rings. The maximum atomic E-state index is 13.8. The predicted molar refractivity (Wildman–Crippen MR) is 107 cm³/mol. The van der Waals surface area contributed by atoms with Gasteiger partial charge in [-0.1, -0.05) is 23.8 Å². The SMILES string of the molecule is COc1ccc(C)cc1S(=O)(=O)N1c2ccc(C)cc2[C@H]2CN(C)CC[C@@H]21. The van der Waals surface area contributed by atoms with E-state index in [1.54, 1.807) is 16.4 Å². The molecule has 1 saturated heterocycles. The van der Waals surface area contributed by atoms with Gasteiger partial charge >= 0.3 is 0 Å². The van der Waals surface area contributed by atoms with Crippen LogP contribution in [0.4, 0.5) is 5.69 Å². The Morgan fingerprint density at radius 2 is 1.78 bits per heavy atom. The molecule has 2 aromatic rings. The smallest absolute Gasteiger partial charge is 0.268 e. The molecule has 0 unspecified atom stereocenters. The molecule has 0 aromatic heterocycles. The van der Waals surface area contributed by atoms with Gasteiger partial charge in [0.1, 0.15) is 10.6 Å². The van der Waals surface area contributed by atoms with Crippen LogP contribution in [0, 0.1) is 13.8 Å². The second-order valence-corrected chi connectivity index (χ2v) is 9.53. The van der Waals surface area contributed by atoms with Gasteiger partial charge in [-0.2, -0.15) is 0 Å². The largest absolute Gasteiger partial charge is 0.495 e. The van der Waals surface area contributed by atoms with E-state index < -0.39 is 10.0 Å². The molecule has 2 aliphatic heterocycles. The number of nitrogens with zero attached hydrogens (tertiary/aromatic N) is 2. The minimum Gasteiger partial charge on any atom is -0.495 e. The molecule has 2 aromatic carbocycles. The van der Waals surface area contributed by atoms with Crippen molar-refractivity contribution < 1.29 is 13.2 Å². The fourth-order valence-corrected chi connectivity index (χ4v) is 6.42. The van der Waals surface area contributed by atoms with E-state index in [1.165, 1.54) is 7.11 Å². The van der Waals surface area contributed by atoms with Gasteiger partial charge in [0.15, 0.2) is 0 Å². The number of ether oxygens (including phenoxy) is 1. The van der Waals surface area contributed by atoms with E-state index in [9.17, 15) is 8.42 Å². The van der Waals surface area contributed by atoms with Crippen molar-refractivity contribution >= 4 is 15.7 Å². The maximum absolute atomic E-state index is 13.8. The molecule has 144 valence electrons. The van der Waals surface area contributed by atoms with Gasteiger partial charge in [0, 0.05) is 12.5 Å². The molecule has 0 bridgehead atoms. The van der Waals surface area contributed by atoms with Crippen molar-refractivity contribution in [3.8, 4) is 5.75 Å². The van der Waals surface area contributed by atoms with E-state index in [2.05, 4.69) is 24.9 Å². The van der Waals surface area contributed by atoms with Gasteiger partial charge in [-0.05, 0) is 63.2 Å². The Bertz CT molecular complexity index is 987. The van der Waals surface area contributed by atoms with Gasteiger partial charge in [0.25, 0.3) is 10.0 Å². The van der Waals surface area contributed by atoms with Crippen molar-refractivity contribution in [1.82, 2.24) is 4.90 Å². The summed E-state index contributed by atoms with van der Waals surface area (Å²) < 4.78 is 34.6. The number of sulfonamides is 1. The first-order chi connectivity index (χ1) is 12.8. The van der Waals surface area contributed by atoms with Crippen LogP contribution < -0.4 is 9.04 Å². The normalized spacial score (nSPS) is 22.4. The van der Waals surface area contributed by atoms with Gasteiger partial charge in [-0.15, -0.1) is 0 Å². The summed E-state index contributed by atoms with van der Waals surface area (Å²) in [5, 5.41) is 0. The molecular weight excluding hydrogens is 360 g/mol. The van der Waals surface area contributed by atoms with Crippen molar-refractivity contribution in [2.45, 2.75) is 37.1 Å². The van der Waals surface area contributed by atoms with Crippen molar-refractivity contribution in [1.29, 1.82) is 0 Å². The first-order valence-electron chi connectivity index (χ1n) is 9.31. The summed E-state index contributed by atoms with van der Waals surface area (Å²) in [5.74, 6) is 0.592. The van der Waals surface area contributed by atoms with Crippen LogP contribution in [0.25, 0.3) is 0 Å². The number of anilines is 1. The van der Waals surface area contributed by atoms with E-state index in [-0.39, 0.29) is 16.9 Å². The highest BCUT2D eigenvalue weighted by atomic mass is 32.2. The van der Waals surface area contributed by atoms with Crippen molar-refractivity contribution in [2.24, 2.45) is 0 Å². The lowest BCUT2D eigenvalue weighted by molar-refractivity contribution is 0.237. The minimum atomic E-state index is -3.73. The number of likely N-dealkylation sites (tertiary alicyclic amines) is 1. The van der Waals surface area contributed by atoms with Gasteiger partial charge in [0.05, 0.1) is 18.8 Å². The third-order valence-electron chi connectivity index (χ3n) is 5.76. The number of aryl methyl sites for hydroxylation is 2. The molecule has 0 N–H and O–H groups in total. The zero-order valence-corrected chi connectivity index (χ0v) is 17.1. The summed E-state index contributed by atoms with van der Waals surface area (Å²) >= 11 is 0. The first kappa shape index (κ1) is 18.3. The monoisotopic (exact) mass is 386 g/mol. The number of piperidine rings is 1. The molecule has 0 aliphatic carbocycles. The van der Waals surface area contributed by atoms with Crippen LogP contribution in [0.2, 0.25) is 0 Å². The molecule has 4 rings (SSSR count). The Morgan fingerprint density at radius 1 is 1.07 bits per heavy atom. The molecular formula is C21H26N2O3S. The van der Waals surface area contributed by atoms with Gasteiger partial charge in [-0.3, -0.25) is 4.31 Å². The summed E-state index contributed by atoms with van der Waals surface area (Å²) in [7, 11) is -0.107. The van der Waals surface area contributed by atoms with Crippen molar-refractivity contribution in [3.63, 3.8) is 0 Å². The molecule has 27 heavy (non-hydrogen) atoms. The Morgan fingerprint density at radius 3 is 2.52 bits per heavy atom. The van der Waals surface area contributed by atoms with E-state index in [4.69, 9.17) is 4.74 Å². The van der Waals surface area contributed by atoms with E-state index >= 15 is 0 Å². The molecule has 6 heteroatoms. The lowest BCUT2D eigenvalue weighted by Crippen LogP contribution is -2.47. The van der Waals surface area contributed by atoms with Crippen LogP contribution in [0.5, 0.6) is 5.75 Å². The fraction of sp³-hybridized carbons (Fsp3) is 0.429. The van der Waals surface area contributed by atoms with Crippen molar-refractivity contribution in [2.75, 3.05) is 31.6 Å². The fourth-order valence-electron chi connectivity index (χ4n) is 4.44. The topological polar surface area (TPSA) is 49.9 Å². The Labute approximate surface area is 161 Å². The molecule has 2 heterocycles. The number of methoxy groups -OCH3 is 1. The number of hydrogen-bond donors (Lipinski definition) is 0. The molecule has 5 nitrogen and oxygen atoms in total. The quantitative estimate of drug-likeness (QED) is 0.812. The highest BCUT2D eigenvalue weighted by Crippen LogP contribution is 2.48. The summed E-state index contributed by atoms with van der Waals surface area (Å²) in [6.45, 7) is 5.73. The molecule has 0 amide bonds. The zero-order valence-electron chi connectivity index (χ0n) is 16.3. The van der Waals surface area contributed by atoms with Crippen LogP contribution in [0.3, 0.4) is 0 Å². The molecule has 0 spiro atoms. The molecule has 0 saturated carbocycles. The maximum Gasteiger partial charge on any atom is 0.268 e. The predicted octanol–water partition coefficient (Wildman–Crippen LogP) is 3.31. The zero-order chi connectivity index (χ0) is 19.3.